The molecule has 0 saturated carbocycles. The molecule has 4 aromatic rings. The highest BCUT2D eigenvalue weighted by molar-refractivity contribution is 5.84. The number of hydrogen-bond donors (Lipinski definition) is 1. The summed E-state index contributed by atoms with van der Waals surface area (Å²) in [6.07, 6.45) is 0.436. The van der Waals surface area contributed by atoms with E-state index in [0.29, 0.717) is 40.6 Å². The number of para-hydroxylation sites is 1. The largest absolute Gasteiger partial charge is 0.497 e. The average molecular weight is 450 g/mol. The predicted molar refractivity (Wildman–Crippen MR) is 126 cm³/mol. The van der Waals surface area contributed by atoms with Crippen molar-refractivity contribution in [1.82, 2.24) is 5.32 Å². The van der Waals surface area contributed by atoms with Crippen LogP contribution in [-0.4, -0.2) is 19.6 Å². The molecule has 172 valence electrons. The topological polar surface area (TPSA) is 90.9 Å². The Morgan fingerprint density at radius 2 is 1.97 bits per heavy atom. The monoisotopic (exact) mass is 449 g/mol. The summed E-state index contributed by atoms with van der Waals surface area (Å²) < 4.78 is 22.2. The Labute approximate surface area is 191 Å². The Morgan fingerprint density at radius 1 is 1.15 bits per heavy atom. The zero-order chi connectivity index (χ0) is 23.5. The van der Waals surface area contributed by atoms with Gasteiger partial charge in [-0.25, -0.2) is 4.79 Å². The van der Waals surface area contributed by atoms with Crippen molar-refractivity contribution < 1.29 is 23.1 Å². The lowest BCUT2D eigenvalue weighted by molar-refractivity contribution is -0.121. The van der Waals surface area contributed by atoms with Gasteiger partial charge in [0.05, 0.1) is 19.8 Å². The number of hydrogen-bond acceptors (Lipinski definition) is 6. The number of ether oxygens (including phenoxy) is 2. The highest BCUT2D eigenvalue weighted by Gasteiger charge is 2.18. The third-order valence-electron chi connectivity index (χ3n) is 5.73. The third kappa shape index (κ3) is 4.58. The molecule has 0 fully saturated rings. The van der Waals surface area contributed by atoms with Crippen LogP contribution in [0.1, 0.15) is 43.2 Å². The highest BCUT2D eigenvalue weighted by Crippen LogP contribution is 2.31. The number of carbonyl (C=O) groups is 1. The van der Waals surface area contributed by atoms with Gasteiger partial charge in [-0.05, 0) is 57.0 Å². The van der Waals surface area contributed by atoms with E-state index in [1.54, 1.807) is 13.2 Å². The molecule has 4 rings (SSSR count). The molecule has 1 amide bonds. The van der Waals surface area contributed by atoms with Crippen LogP contribution in [0.4, 0.5) is 0 Å². The molecule has 33 heavy (non-hydrogen) atoms. The molecule has 1 atom stereocenters. The minimum atomic E-state index is -0.435. The maximum Gasteiger partial charge on any atom is 0.339 e. The number of methoxy groups -OCH3 is 1. The predicted octanol–water partition coefficient (Wildman–Crippen LogP) is 5.06. The molecule has 0 saturated heterocycles. The number of nitrogens with one attached hydrogen (secondary N) is 1. The molecule has 0 spiro atoms. The van der Waals surface area contributed by atoms with Crippen molar-refractivity contribution in [2.45, 2.75) is 39.7 Å². The Kier molecular flexibility index (Phi) is 6.40. The molecule has 1 unspecified atom stereocenters. The SMILES string of the molecule is CCOc1cccc2cc(C(C)NC(=O)CCc3c(C)c4ccc(OC)cc4oc3=O)oc12. The second kappa shape index (κ2) is 9.40. The molecule has 0 bridgehead atoms. The van der Waals surface area contributed by atoms with Gasteiger partial charge in [-0.2, -0.15) is 0 Å². The fourth-order valence-corrected chi connectivity index (χ4v) is 3.95. The van der Waals surface area contributed by atoms with Crippen LogP contribution in [0.15, 0.2) is 56.1 Å². The van der Waals surface area contributed by atoms with Gasteiger partial charge in [0.2, 0.25) is 5.91 Å². The van der Waals surface area contributed by atoms with E-state index in [-0.39, 0.29) is 24.8 Å². The van der Waals surface area contributed by atoms with Crippen LogP contribution in [-0.2, 0) is 11.2 Å². The molecule has 2 aromatic carbocycles. The number of rotatable bonds is 8. The van der Waals surface area contributed by atoms with Gasteiger partial charge in [-0.1, -0.05) is 12.1 Å². The number of amides is 1. The number of furan rings is 1. The average Bonchev–Trinajstić information content (AvgIpc) is 3.24. The maximum absolute atomic E-state index is 12.6. The molecular formula is C26H27NO6. The van der Waals surface area contributed by atoms with E-state index in [0.717, 1.165) is 16.3 Å². The molecule has 0 aliphatic carbocycles. The van der Waals surface area contributed by atoms with E-state index in [4.69, 9.17) is 18.3 Å². The third-order valence-corrected chi connectivity index (χ3v) is 5.73. The summed E-state index contributed by atoms with van der Waals surface area (Å²) in [7, 11) is 1.56. The van der Waals surface area contributed by atoms with Crippen LogP contribution in [0.3, 0.4) is 0 Å². The van der Waals surface area contributed by atoms with Crippen LogP contribution in [0.2, 0.25) is 0 Å². The summed E-state index contributed by atoms with van der Waals surface area (Å²) in [5, 5.41) is 4.69. The van der Waals surface area contributed by atoms with Crippen molar-refractivity contribution in [1.29, 1.82) is 0 Å². The van der Waals surface area contributed by atoms with Gasteiger partial charge in [0.1, 0.15) is 17.1 Å². The van der Waals surface area contributed by atoms with Gasteiger partial charge in [0.15, 0.2) is 11.3 Å². The number of carbonyl (C=O) groups excluding carboxylic acids is 1. The first-order chi connectivity index (χ1) is 15.9. The molecule has 0 radical (unpaired) electrons. The maximum atomic E-state index is 12.6. The van der Waals surface area contributed by atoms with Crippen molar-refractivity contribution in [3.05, 3.63) is 69.8 Å². The summed E-state index contributed by atoms with van der Waals surface area (Å²) in [4.78, 5) is 25.2. The fraction of sp³-hybridized carbons (Fsp3) is 0.308. The van der Waals surface area contributed by atoms with Gasteiger partial charge in [0.25, 0.3) is 0 Å². The molecule has 2 aromatic heterocycles. The van der Waals surface area contributed by atoms with Crippen molar-refractivity contribution in [3.8, 4) is 11.5 Å². The summed E-state index contributed by atoms with van der Waals surface area (Å²) in [6, 6.07) is 12.6. The first kappa shape index (κ1) is 22.5. The van der Waals surface area contributed by atoms with Gasteiger partial charge in [-0.15, -0.1) is 0 Å². The normalized spacial score (nSPS) is 12.1. The second-order valence-corrected chi connectivity index (χ2v) is 7.90. The van der Waals surface area contributed by atoms with Crippen LogP contribution in [0.5, 0.6) is 11.5 Å². The van der Waals surface area contributed by atoms with Crippen LogP contribution < -0.4 is 20.4 Å². The minimum Gasteiger partial charge on any atom is -0.497 e. The highest BCUT2D eigenvalue weighted by atomic mass is 16.5. The summed E-state index contributed by atoms with van der Waals surface area (Å²) >= 11 is 0. The molecule has 7 heteroatoms. The van der Waals surface area contributed by atoms with Crippen LogP contribution >= 0.6 is 0 Å². The second-order valence-electron chi connectivity index (χ2n) is 7.90. The van der Waals surface area contributed by atoms with Crippen molar-refractivity contribution in [3.63, 3.8) is 0 Å². The first-order valence-corrected chi connectivity index (χ1v) is 11.0. The fourth-order valence-electron chi connectivity index (χ4n) is 3.95. The Bertz CT molecular complexity index is 1370. The summed E-state index contributed by atoms with van der Waals surface area (Å²) in [5.41, 5.74) is 2.01. The molecule has 0 aliphatic heterocycles. The number of benzene rings is 2. The smallest absolute Gasteiger partial charge is 0.339 e. The number of aryl methyl sites for hydroxylation is 1. The molecular weight excluding hydrogens is 422 g/mol. The molecule has 1 N–H and O–H groups in total. The van der Waals surface area contributed by atoms with Gasteiger partial charge in [-0.3, -0.25) is 4.79 Å². The van der Waals surface area contributed by atoms with E-state index < -0.39 is 5.63 Å². The lowest BCUT2D eigenvalue weighted by atomic mass is 10.0. The van der Waals surface area contributed by atoms with Gasteiger partial charge in [0, 0.05) is 28.8 Å². The molecule has 7 nitrogen and oxygen atoms in total. The lowest BCUT2D eigenvalue weighted by Crippen LogP contribution is -2.27. The quantitative estimate of drug-likeness (QED) is 0.378. The summed E-state index contributed by atoms with van der Waals surface area (Å²) in [6.45, 7) is 6.18. The Balaban J connectivity index is 1.46. The molecule has 0 aliphatic rings. The minimum absolute atomic E-state index is 0.155. The zero-order valence-electron chi connectivity index (χ0n) is 19.2. The van der Waals surface area contributed by atoms with E-state index in [1.165, 1.54) is 0 Å². The van der Waals surface area contributed by atoms with E-state index >= 15 is 0 Å². The summed E-state index contributed by atoms with van der Waals surface area (Å²) in [5.74, 6) is 1.75. The standard InChI is InChI=1S/C26H27NO6/c1-5-31-21-8-6-7-17-13-22(32-25(17)21)16(3)27-24(28)12-11-20-15(2)19-10-9-18(30-4)14-23(19)33-26(20)29/h6-10,13-14,16H,5,11-12H2,1-4H3,(H,27,28). The van der Waals surface area contributed by atoms with Gasteiger partial charge >= 0.3 is 5.63 Å². The van der Waals surface area contributed by atoms with Crippen molar-refractivity contribution in [2.24, 2.45) is 0 Å². The van der Waals surface area contributed by atoms with E-state index in [2.05, 4.69) is 5.32 Å². The zero-order valence-corrected chi connectivity index (χ0v) is 19.2. The van der Waals surface area contributed by atoms with Crippen LogP contribution in [0.25, 0.3) is 21.9 Å². The number of fused-ring (bicyclic) bond motifs is 2. The van der Waals surface area contributed by atoms with E-state index in [9.17, 15) is 9.59 Å². The van der Waals surface area contributed by atoms with Gasteiger partial charge < -0.3 is 23.6 Å². The Morgan fingerprint density at radius 3 is 2.73 bits per heavy atom. The Hall–Kier alpha value is -3.74. The van der Waals surface area contributed by atoms with Crippen molar-refractivity contribution >= 4 is 27.8 Å². The lowest BCUT2D eigenvalue weighted by Gasteiger charge is -2.12. The first-order valence-electron chi connectivity index (χ1n) is 11.0. The molecule has 2 heterocycles. The van der Waals surface area contributed by atoms with Crippen LogP contribution in [0, 0.1) is 6.92 Å². The van der Waals surface area contributed by atoms with E-state index in [1.807, 2.05) is 57.2 Å². The van der Waals surface area contributed by atoms with Crippen molar-refractivity contribution in [2.75, 3.05) is 13.7 Å².